The van der Waals surface area contributed by atoms with Gasteiger partial charge >= 0.3 is 6.18 Å². The topological polar surface area (TPSA) is 79.7 Å². The van der Waals surface area contributed by atoms with Crippen LogP contribution < -0.4 is 10.5 Å². The molecule has 2 aromatic heterocycles. The lowest BCUT2D eigenvalue weighted by atomic mass is 9.96. The lowest BCUT2D eigenvalue weighted by molar-refractivity contribution is -0.138. The molecule has 4 rings (SSSR count). The molecule has 3 heterocycles. The molecule has 1 aliphatic heterocycles. The summed E-state index contributed by atoms with van der Waals surface area (Å²) in [6.07, 6.45) is -4.30. The number of nitrogens with one attached hydrogen (secondary N) is 1. The van der Waals surface area contributed by atoms with E-state index >= 15 is 0 Å². The number of aryl methyl sites for hydroxylation is 1. The van der Waals surface area contributed by atoms with Crippen molar-refractivity contribution >= 4 is 17.4 Å². The maximum absolute atomic E-state index is 13.3. The molecule has 1 aromatic carbocycles. The largest absolute Gasteiger partial charge is 0.416 e. The Labute approximate surface area is 169 Å². The average molecular weight is 420 g/mol. The first-order valence-electron chi connectivity index (χ1n) is 9.32. The number of aromatic amines is 1. The van der Waals surface area contributed by atoms with Crippen LogP contribution in [0.3, 0.4) is 0 Å². The molecule has 1 aliphatic rings. The third kappa shape index (κ3) is 3.47. The van der Waals surface area contributed by atoms with E-state index in [2.05, 4.69) is 10.1 Å². The van der Waals surface area contributed by atoms with Crippen molar-refractivity contribution < 1.29 is 22.7 Å². The highest BCUT2D eigenvalue weighted by Crippen LogP contribution is 2.34. The van der Waals surface area contributed by atoms with Crippen molar-refractivity contribution in [2.45, 2.75) is 26.4 Å². The predicted octanol–water partition coefficient (Wildman–Crippen LogP) is 2.61. The molecule has 0 bridgehead atoms. The number of alkyl halides is 3. The van der Waals surface area contributed by atoms with Crippen molar-refractivity contribution in [2.24, 2.45) is 0 Å². The number of rotatable bonds is 3. The number of hydrogen-bond acceptors (Lipinski definition) is 4. The first-order valence-corrected chi connectivity index (χ1v) is 9.32. The van der Waals surface area contributed by atoms with Gasteiger partial charge in [-0.3, -0.25) is 19.6 Å². The highest BCUT2D eigenvalue weighted by molar-refractivity contribution is 5.94. The summed E-state index contributed by atoms with van der Waals surface area (Å²) in [5.74, 6) is -0.102. The van der Waals surface area contributed by atoms with Crippen molar-refractivity contribution in [3.8, 4) is 0 Å². The summed E-state index contributed by atoms with van der Waals surface area (Å²) in [6, 6.07) is 5.30. The summed E-state index contributed by atoms with van der Waals surface area (Å²) in [5.41, 5.74) is 0.999. The van der Waals surface area contributed by atoms with Gasteiger partial charge in [0.2, 0.25) is 0 Å². The fraction of sp³-hybridized carbons (Fsp3) is 0.350. The van der Waals surface area contributed by atoms with Gasteiger partial charge in [0.1, 0.15) is 12.4 Å². The smallest absolute Gasteiger partial charge is 0.370 e. The molecule has 7 nitrogen and oxygen atoms in total. The number of carbonyl (C=O) groups is 1. The summed E-state index contributed by atoms with van der Waals surface area (Å²) in [6.45, 7) is 3.66. The molecule has 1 N–H and O–H groups in total. The van der Waals surface area contributed by atoms with E-state index in [1.807, 2.05) is 0 Å². The second-order valence-electron chi connectivity index (χ2n) is 7.19. The summed E-state index contributed by atoms with van der Waals surface area (Å²) >= 11 is 0. The highest BCUT2D eigenvalue weighted by Gasteiger charge is 2.33. The Morgan fingerprint density at radius 3 is 2.70 bits per heavy atom. The van der Waals surface area contributed by atoms with Crippen molar-refractivity contribution in [1.29, 1.82) is 0 Å². The van der Waals surface area contributed by atoms with Crippen LogP contribution in [0.2, 0.25) is 0 Å². The zero-order chi connectivity index (χ0) is 21.6. The van der Waals surface area contributed by atoms with E-state index in [1.165, 1.54) is 28.5 Å². The quantitative estimate of drug-likeness (QED) is 0.707. The molecule has 1 saturated heterocycles. The molecule has 30 heavy (non-hydrogen) atoms. The monoisotopic (exact) mass is 420 g/mol. The predicted molar refractivity (Wildman–Crippen MR) is 103 cm³/mol. The van der Waals surface area contributed by atoms with E-state index in [0.717, 1.165) is 6.07 Å². The van der Waals surface area contributed by atoms with Crippen LogP contribution in [-0.4, -0.2) is 40.3 Å². The van der Waals surface area contributed by atoms with Gasteiger partial charge in [-0.15, -0.1) is 0 Å². The van der Waals surface area contributed by atoms with Crippen molar-refractivity contribution in [1.82, 2.24) is 14.6 Å². The Morgan fingerprint density at radius 2 is 2.00 bits per heavy atom. The first kappa shape index (κ1) is 20.1. The molecule has 0 saturated carbocycles. The number of ether oxygens (including phenoxy) is 1. The van der Waals surface area contributed by atoms with E-state index in [-0.39, 0.29) is 42.5 Å². The minimum atomic E-state index is -4.45. The van der Waals surface area contributed by atoms with Crippen LogP contribution >= 0.6 is 0 Å². The number of amides is 1. The fourth-order valence-electron chi connectivity index (χ4n) is 3.67. The van der Waals surface area contributed by atoms with Crippen LogP contribution in [0.15, 0.2) is 29.1 Å². The van der Waals surface area contributed by atoms with Crippen LogP contribution in [0.4, 0.5) is 19.0 Å². The minimum Gasteiger partial charge on any atom is -0.370 e. The molecule has 158 valence electrons. The van der Waals surface area contributed by atoms with Gasteiger partial charge in [-0.1, -0.05) is 12.1 Å². The first-order chi connectivity index (χ1) is 14.2. The molecular formula is C20H19F3N4O3. The zero-order valence-electron chi connectivity index (χ0n) is 16.3. The van der Waals surface area contributed by atoms with E-state index < -0.39 is 17.3 Å². The summed E-state index contributed by atoms with van der Waals surface area (Å²) in [5, 5.41) is 2.91. The molecule has 0 radical (unpaired) electrons. The Hall–Kier alpha value is -3.14. The second kappa shape index (κ2) is 7.28. The van der Waals surface area contributed by atoms with Crippen molar-refractivity contribution in [3.63, 3.8) is 0 Å². The zero-order valence-corrected chi connectivity index (χ0v) is 16.3. The van der Waals surface area contributed by atoms with E-state index in [1.54, 1.807) is 13.0 Å². The Kier molecular flexibility index (Phi) is 4.89. The van der Waals surface area contributed by atoms with Gasteiger partial charge < -0.3 is 4.74 Å². The molecule has 0 unspecified atom stereocenters. The number of fused-ring (bicyclic) bond motifs is 1. The molecule has 0 atom stereocenters. The molecule has 1 fully saturated rings. The van der Waals surface area contributed by atoms with E-state index in [0.29, 0.717) is 23.4 Å². The normalized spacial score (nSPS) is 15.2. The van der Waals surface area contributed by atoms with Gasteiger partial charge in [0.05, 0.1) is 18.7 Å². The molecule has 0 spiro atoms. The molecule has 10 heteroatoms. The van der Waals surface area contributed by atoms with Crippen LogP contribution in [0.1, 0.15) is 27.9 Å². The van der Waals surface area contributed by atoms with Gasteiger partial charge in [-0.2, -0.15) is 13.2 Å². The number of halogens is 3. The van der Waals surface area contributed by atoms with Crippen LogP contribution in [0, 0.1) is 13.8 Å². The number of hydrogen-bond donors (Lipinski definition) is 1. The van der Waals surface area contributed by atoms with Gasteiger partial charge in [0, 0.05) is 23.7 Å². The van der Waals surface area contributed by atoms with E-state index in [9.17, 15) is 22.8 Å². The van der Waals surface area contributed by atoms with Crippen LogP contribution in [-0.2, 0) is 22.1 Å². The van der Waals surface area contributed by atoms with Gasteiger partial charge in [-0.05, 0) is 31.0 Å². The molecule has 3 aromatic rings. The number of carbonyl (C=O) groups excluding carboxylic acids is 1. The summed E-state index contributed by atoms with van der Waals surface area (Å²) in [4.78, 5) is 30.6. The van der Waals surface area contributed by atoms with Gasteiger partial charge in [0.15, 0.2) is 5.65 Å². The summed E-state index contributed by atoms with van der Waals surface area (Å²) in [7, 11) is 0. The maximum Gasteiger partial charge on any atom is 0.416 e. The minimum absolute atomic E-state index is 0.0937. The number of morpholine rings is 1. The SMILES string of the molecule is Cc1[nH]n2c(=O)cc(N3CCOCC3=O)nc2c1Cc1cccc(C(F)(F)F)c1C. The Morgan fingerprint density at radius 1 is 1.23 bits per heavy atom. The number of aromatic nitrogens is 3. The number of nitrogens with zero attached hydrogens (tertiary/aromatic N) is 3. The molecular weight excluding hydrogens is 401 g/mol. The Balaban J connectivity index is 1.81. The average Bonchev–Trinajstić information content (AvgIpc) is 2.99. The lowest BCUT2D eigenvalue weighted by Gasteiger charge is -2.25. The molecule has 0 aliphatic carbocycles. The molecule has 1 amide bonds. The van der Waals surface area contributed by atoms with Crippen LogP contribution in [0.25, 0.3) is 5.65 Å². The lowest BCUT2D eigenvalue weighted by Crippen LogP contribution is -2.42. The number of anilines is 1. The number of benzene rings is 1. The van der Waals surface area contributed by atoms with Crippen molar-refractivity contribution in [2.75, 3.05) is 24.7 Å². The maximum atomic E-state index is 13.3. The summed E-state index contributed by atoms with van der Waals surface area (Å²) < 4.78 is 46.2. The third-order valence-corrected chi connectivity index (χ3v) is 5.29. The second-order valence-corrected chi connectivity index (χ2v) is 7.19. The third-order valence-electron chi connectivity index (χ3n) is 5.29. The highest BCUT2D eigenvalue weighted by atomic mass is 19.4. The van der Waals surface area contributed by atoms with Crippen LogP contribution in [0.5, 0.6) is 0 Å². The van der Waals surface area contributed by atoms with Crippen molar-refractivity contribution in [3.05, 3.63) is 62.6 Å². The number of H-pyrrole nitrogens is 1. The van der Waals surface area contributed by atoms with Gasteiger partial charge in [0.25, 0.3) is 11.5 Å². The Bertz CT molecular complexity index is 1200. The van der Waals surface area contributed by atoms with E-state index in [4.69, 9.17) is 4.74 Å². The van der Waals surface area contributed by atoms with Gasteiger partial charge in [-0.25, -0.2) is 9.50 Å². The fourth-order valence-corrected chi connectivity index (χ4v) is 3.67. The standard InChI is InChI=1S/C20H19F3N4O3/c1-11-13(4-3-5-15(11)20(21,22)23)8-14-12(2)25-27-17(28)9-16(24-19(14)27)26-6-7-30-10-18(26)29/h3-5,9,25H,6-8,10H2,1-2H3.